The molecule has 3 heterocycles. The van der Waals surface area contributed by atoms with Crippen molar-refractivity contribution in [1.29, 1.82) is 0 Å². The molecular formula is C39H26N2O. The summed E-state index contributed by atoms with van der Waals surface area (Å²) < 4.78 is 7.88. The van der Waals surface area contributed by atoms with Crippen molar-refractivity contribution >= 4 is 16.3 Å². The fourth-order valence-corrected chi connectivity index (χ4v) is 5.89. The number of nitrogens with zero attached hydrogens (tertiary/aromatic N) is 2. The Morgan fingerprint density at radius 2 is 1.07 bits per heavy atom. The molecule has 0 N–H and O–H groups in total. The zero-order valence-corrected chi connectivity index (χ0v) is 22.8. The van der Waals surface area contributed by atoms with Crippen LogP contribution in [0.5, 0.6) is 0 Å². The van der Waals surface area contributed by atoms with Crippen molar-refractivity contribution in [3.63, 3.8) is 0 Å². The highest BCUT2D eigenvalue weighted by Gasteiger charge is 2.22. The van der Waals surface area contributed by atoms with Crippen molar-refractivity contribution in [2.75, 3.05) is 0 Å². The van der Waals surface area contributed by atoms with Gasteiger partial charge in [-0.05, 0) is 46.3 Å². The molecule has 0 bridgehead atoms. The Labute approximate surface area is 243 Å². The van der Waals surface area contributed by atoms with Gasteiger partial charge < -0.3 is 4.42 Å². The lowest BCUT2D eigenvalue weighted by Crippen LogP contribution is -1.96. The van der Waals surface area contributed by atoms with Gasteiger partial charge in [-0.3, -0.25) is 0 Å². The van der Waals surface area contributed by atoms with E-state index < -0.39 is 0 Å². The van der Waals surface area contributed by atoms with Crippen LogP contribution in [0.1, 0.15) is 0 Å². The van der Waals surface area contributed by atoms with E-state index in [4.69, 9.17) is 9.52 Å². The van der Waals surface area contributed by atoms with Gasteiger partial charge in [0.15, 0.2) is 0 Å². The van der Waals surface area contributed by atoms with Crippen molar-refractivity contribution in [2.45, 2.75) is 0 Å². The quantitative estimate of drug-likeness (QED) is 0.218. The molecule has 5 aromatic carbocycles. The van der Waals surface area contributed by atoms with Gasteiger partial charge in [-0.1, -0.05) is 127 Å². The Morgan fingerprint density at radius 1 is 0.476 bits per heavy atom. The van der Waals surface area contributed by atoms with Gasteiger partial charge >= 0.3 is 0 Å². The number of hydrogen-bond donors (Lipinski definition) is 0. The summed E-state index contributed by atoms with van der Waals surface area (Å²) in [4.78, 5) is 0. The fraction of sp³-hybridized carbons (Fsp3) is 0. The molecule has 8 rings (SSSR count). The first kappa shape index (κ1) is 24.2. The van der Waals surface area contributed by atoms with E-state index in [1.54, 1.807) is 6.26 Å². The molecule has 0 amide bonds. The number of furan rings is 1. The second-order valence-corrected chi connectivity index (χ2v) is 10.5. The van der Waals surface area contributed by atoms with Crippen LogP contribution in [-0.2, 0) is 0 Å². The standard InChI is InChI=1S/C39H26N2O/c1-4-11-27(12-5-1)28-18-20-31(21-19-28)38-37(30-15-8-3-9-16-30)39-34-23-22-32(36-17-10-24-42-36)25-33(34)26-35(41(39)40-38)29-13-6-2-7-14-29/h1-26H. The smallest absolute Gasteiger partial charge is 0.133 e. The van der Waals surface area contributed by atoms with Gasteiger partial charge in [0.1, 0.15) is 11.5 Å². The average molecular weight is 539 g/mol. The minimum atomic E-state index is 0.856. The highest BCUT2D eigenvalue weighted by Crippen LogP contribution is 2.42. The third-order valence-electron chi connectivity index (χ3n) is 7.92. The highest BCUT2D eigenvalue weighted by molar-refractivity contribution is 6.09. The topological polar surface area (TPSA) is 30.4 Å². The molecule has 0 fully saturated rings. The van der Waals surface area contributed by atoms with Crippen molar-refractivity contribution in [1.82, 2.24) is 9.61 Å². The third kappa shape index (κ3) is 4.11. The van der Waals surface area contributed by atoms with Crippen LogP contribution in [0.2, 0.25) is 0 Å². The maximum absolute atomic E-state index is 5.75. The highest BCUT2D eigenvalue weighted by atomic mass is 16.3. The Bertz CT molecular complexity index is 2140. The molecule has 0 spiro atoms. The molecular weight excluding hydrogens is 512 g/mol. The first-order chi connectivity index (χ1) is 20.8. The molecule has 0 aliphatic rings. The van der Waals surface area contributed by atoms with Crippen molar-refractivity contribution < 1.29 is 4.42 Å². The van der Waals surface area contributed by atoms with Crippen molar-refractivity contribution in [2.24, 2.45) is 0 Å². The molecule has 198 valence electrons. The summed E-state index contributed by atoms with van der Waals surface area (Å²) in [5.41, 5.74) is 11.0. The first-order valence-corrected chi connectivity index (χ1v) is 14.1. The van der Waals surface area contributed by atoms with Crippen LogP contribution in [-0.4, -0.2) is 9.61 Å². The van der Waals surface area contributed by atoms with Gasteiger partial charge in [0, 0.05) is 27.6 Å². The van der Waals surface area contributed by atoms with Gasteiger partial charge in [0.25, 0.3) is 0 Å². The summed E-state index contributed by atoms with van der Waals surface area (Å²) in [5, 5.41) is 7.64. The molecule has 0 aliphatic heterocycles. The van der Waals surface area contributed by atoms with Crippen molar-refractivity contribution in [3.8, 4) is 56.1 Å². The van der Waals surface area contributed by atoms with Gasteiger partial charge in [0.05, 0.1) is 17.5 Å². The normalized spacial score (nSPS) is 11.3. The zero-order valence-electron chi connectivity index (χ0n) is 22.8. The zero-order chi connectivity index (χ0) is 27.9. The summed E-state index contributed by atoms with van der Waals surface area (Å²) in [5.74, 6) is 0.856. The van der Waals surface area contributed by atoms with E-state index in [0.29, 0.717) is 0 Å². The fourth-order valence-electron chi connectivity index (χ4n) is 5.89. The Kier molecular flexibility index (Phi) is 5.79. The molecule has 0 aliphatic carbocycles. The van der Waals surface area contributed by atoms with E-state index in [0.717, 1.165) is 61.3 Å². The lowest BCUT2D eigenvalue weighted by Gasteiger charge is -2.11. The van der Waals surface area contributed by atoms with E-state index in [-0.39, 0.29) is 0 Å². The SMILES string of the molecule is c1ccc(-c2ccc(-c3nn4c(-c5ccccc5)cc5cc(-c6ccco6)ccc5c4c3-c3ccccc3)cc2)cc1. The van der Waals surface area contributed by atoms with Gasteiger partial charge in [-0.25, -0.2) is 4.52 Å². The molecule has 0 atom stereocenters. The van der Waals surface area contributed by atoms with Gasteiger partial charge in [0.2, 0.25) is 0 Å². The van der Waals surface area contributed by atoms with Gasteiger partial charge in [-0.15, -0.1) is 0 Å². The Hall–Kier alpha value is -5.67. The molecule has 0 saturated heterocycles. The van der Waals surface area contributed by atoms with Crippen molar-refractivity contribution in [3.05, 3.63) is 158 Å². The second-order valence-electron chi connectivity index (χ2n) is 10.5. The minimum Gasteiger partial charge on any atom is -0.464 e. The number of hydrogen-bond acceptors (Lipinski definition) is 2. The maximum Gasteiger partial charge on any atom is 0.133 e. The monoisotopic (exact) mass is 538 g/mol. The number of aromatic nitrogens is 2. The summed E-state index contributed by atoms with van der Waals surface area (Å²) in [7, 11) is 0. The minimum absolute atomic E-state index is 0.856. The molecule has 3 aromatic heterocycles. The Morgan fingerprint density at radius 3 is 1.74 bits per heavy atom. The first-order valence-electron chi connectivity index (χ1n) is 14.1. The predicted octanol–water partition coefficient (Wildman–Crippen LogP) is 10.4. The molecule has 0 unspecified atom stereocenters. The van der Waals surface area contributed by atoms with E-state index in [1.807, 2.05) is 18.2 Å². The second kappa shape index (κ2) is 10.1. The number of pyridine rings is 1. The van der Waals surface area contributed by atoms with E-state index >= 15 is 0 Å². The Balaban J connectivity index is 1.44. The molecule has 3 nitrogen and oxygen atoms in total. The molecule has 8 aromatic rings. The molecule has 0 saturated carbocycles. The maximum atomic E-state index is 5.75. The van der Waals surface area contributed by atoms with E-state index in [9.17, 15) is 0 Å². The molecule has 0 radical (unpaired) electrons. The predicted molar refractivity (Wildman–Crippen MR) is 172 cm³/mol. The molecule has 42 heavy (non-hydrogen) atoms. The number of rotatable bonds is 5. The van der Waals surface area contributed by atoms with Gasteiger partial charge in [-0.2, -0.15) is 5.10 Å². The third-order valence-corrected chi connectivity index (χ3v) is 7.92. The van der Waals surface area contributed by atoms with Crippen LogP contribution < -0.4 is 0 Å². The lowest BCUT2D eigenvalue weighted by molar-refractivity contribution is 0.582. The number of benzene rings is 5. The van der Waals surface area contributed by atoms with Crippen LogP contribution in [0.15, 0.2) is 162 Å². The lowest BCUT2D eigenvalue weighted by atomic mass is 9.95. The van der Waals surface area contributed by atoms with Crippen LogP contribution >= 0.6 is 0 Å². The van der Waals surface area contributed by atoms with Crippen LogP contribution in [0, 0.1) is 0 Å². The number of fused-ring (bicyclic) bond motifs is 3. The van der Waals surface area contributed by atoms with Crippen LogP contribution in [0.4, 0.5) is 0 Å². The largest absolute Gasteiger partial charge is 0.464 e. The van der Waals surface area contributed by atoms with E-state index in [2.05, 4.69) is 138 Å². The molecule has 3 heteroatoms. The summed E-state index contributed by atoms with van der Waals surface area (Å²) in [6.07, 6.45) is 1.72. The summed E-state index contributed by atoms with van der Waals surface area (Å²) in [6, 6.07) is 53.1. The summed E-state index contributed by atoms with van der Waals surface area (Å²) >= 11 is 0. The van der Waals surface area contributed by atoms with Crippen LogP contribution in [0.3, 0.4) is 0 Å². The summed E-state index contributed by atoms with van der Waals surface area (Å²) in [6.45, 7) is 0. The average Bonchev–Trinajstić information content (AvgIpc) is 3.75. The van der Waals surface area contributed by atoms with E-state index in [1.165, 1.54) is 11.1 Å². The van der Waals surface area contributed by atoms with Crippen LogP contribution in [0.25, 0.3) is 72.4 Å².